The van der Waals surface area contributed by atoms with Crippen LogP contribution < -0.4 is 0 Å². The Morgan fingerprint density at radius 1 is 0.913 bits per heavy atom. The number of hydrogen-bond acceptors (Lipinski definition) is 2. The summed E-state index contributed by atoms with van der Waals surface area (Å²) < 4.78 is 5.32. The van der Waals surface area contributed by atoms with E-state index in [4.69, 9.17) is 4.74 Å². The summed E-state index contributed by atoms with van der Waals surface area (Å²) in [4.78, 5) is 11.7. The molecule has 0 radical (unpaired) electrons. The fourth-order valence-corrected chi connectivity index (χ4v) is 2.90. The zero-order valence-electron chi connectivity index (χ0n) is 14.5. The van der Waals surface area contributed by atoms with E-state index >= 15 is 0 Å². The van der Waals surface area contributed by atoms with Crippen LogP contribution in [0.15, 0.2) is 24.3 Å². The first-order valence-corrected chi connectivity index (χ1v) is 10.2. The maximum Gasteiger partial charge on any atom is 0.305 e. The molecule has 0 heterocycles. The van der Waals surface area contributed by atoms with Crippen molar-refractivity contribution < 1.29 is 9.53 Å². The van der Waals surface area contributed by atoms with Crippen molar-refractivity contribution in [1.29, 1.82) is 0 Å². The van der Waals surface area contributed by atoms with Crippen LogP contribution in [0.1, 0.15) is 69.4 Å². The molecule has 0 aliphatic rings. The lowest BCUT2D eigenvalue weighted by Gasteiger charge is -2.06. The average molecular weight is 383 g/mol. The molecular formula is C20H31BrO2. The number of esters is 1. The van der Waals surface area contributed by atoms with Gasteiger partial charge in [-0.25, -0.2) is 0 Å². The summed E-state index contributed by atoms with van der Waals surface area (Å²) in [5, 5.41) is 1.08. The average Bonchev–Trinajstić information content (AvgIpc) is 2.57. The van der Waals surface area contributed by atoms with Crippen LogP contribution in [-0.4, -0.2) is 17.9 Å². The molecule has 0 amide bonds. The highest BCUT2D eigenvalue weighted by Gasteiger charge is 2.03. The molecule has 2 nitrogen and oxygen atoms in total. The maximum absolute atomic E-state index is 11.7. The van der Waals surface area contributed by atoms with E-state index in [0.29, 0.717) is 13.0 Å². The molecule has 0 atom stereocenters. The van der Waals surface area contributed by atoms with E-state index in [-0.39, 0.29) is 5.97 Å². The first kappa shape index (κ1) is 20.2. The zero-order chi connectivity index (χ0) is 16.8. The van der Waals surface area contributed by atoms with Crippen LogP contribution in [0.25, 0.3) is 0 Å². The molecule has 3 heteroatoms. The second kappa shape index (κ2) is 13.6. The highest BCUT2D eigenvalue weighted by Crippen LogP contribution is 2.10. The van der Waals surface area contributed by atoms with Crippen LogP contribution in [0, 0.1) is 0 Å². The Hall–Kier alpha value is -0.830. The highest BCUT2D eigenvalue weighted by molar-refractivity contribution is 9.09. The smallest absolute Gasteiger partial charge is 0.305 e. The van der Waals surface area contributed by atoms with Gasteiger partial charge in [0, 0.05) is 18.2 Å². The van der Waals surface area contributed by atoms with E-state index in [1.165, 1.54) is 43.2 Å². The largest absolute Gasteiger partial charge is 0.465 e. The van der Waals surface area contributed by atoms with Gasteiger partial charge in [0.25, 0.3) is 0 Å². The molecule has 0 saturated heterocycles. The molecule has 0 aromatic heterocycles. The quantitative estimate of drug-likeness (QED) is 0.243. The van der Waals surface area contributed by atoms with E-state index in [1.807, 2.05) is 0 Å². The van der Waals surface area contributed by atoms with Gasteiger partial charge in [0.05, 0.1) is 6.61 Å². The third-order valence-corrected chi connectivity index (χ3v) is 4.57. The zero-order valence-corrected chi connectivity index (χ0v) is 16.1. The molecule has 1 aromatic carbocycles. The molecule has 1 aromatic rings. The standard InChI is InChI=1S/C20H31BrO2/c1-2-3-9-18-11-13-19(14-12-18)15-17-23-20(22)10-7-5-4-6-8-16-21/h11-14H,2-10,15-17H2,1H3. The van der Waals surface area contributed by atoms with E-state index in [2.05, 4.69) is 47.1 Å². The van der Waals surface area contributed by atoms with E-state index < -0.39 is 0 Å². The Kier molecular flexibility index (Phi) is 11.9. The van der Waals surface area contributed by atoms with Crippen molar-refractivity contribution in [2.75, 3.05) is 11.9 Å². The molecule has 0 fully saturated rings. The molecule has 0 spiro atoms. The van der Waals surface area contributed by atoms with Crippen molar-refractivity contribution in [3.8, 4) is 0 Å². The molecule has 0 saturated carbocycles. The number of alkyl halides is 1. The van der Waals surface area contributed by atoms with Crippen LogP contribution in [0.4, 0.5) is 0 Å². The van der Waals surface area contributed by atoms with Gasteiger partial charge in [-0.3, -0.25) is 4.79 Å². The number of carbonyl (C=O) groups excluding carboxylic acids is 1. The predicted molar refractivity (Wildman–Crippen MR) is 101 cm³/mol. The van der Waals surface area contributed by atoms with Crippen molar-refractivity contribution >= 4 is 21.9 Å². The summed E-state index contributed by atoms with van der Waals surface area (Å²) in [6.07, 6.45) is 10.8. The SMILES string of the molecule is CCCCc1ccc(CCOC(=O)CCCCCCCBr)cc1. The summed E-state index contributed by atoms with van der Waals surface area (Å²) in [5.74, 6) is -0.0509. The number of unbranched alkanes of at least 4 members (excludes halogenated alkanes) is 5. The Bertz CT molecular complexity index is 414. The summed E-state index contributed by atoms with van der Waals surface area (Å²) in [6.45, 7) is 2.71. The van der Waals surface area contributed by atoms with Gasteiger partial charge < -0.3 is 4.74 Å². The number of aryl methyl sites for hydroxylation is 1. The fourth-order valence-electron chi connectivity index (χ4n) is 2.50. The number of ether oxygens (including phenoxy) is 1. The minimum Gasteiger partial charge on any atom is -0.465 e. The fraction of sp³-hybridized carbons (Fsp3) is 0.650. The first-order chi connectivity index (χ1) is 11.3. The number of hydrogen-bond donors (Lipinski definition) is 0. The summed E-state index contributed by atoms with van der Waals surface area (Å²) in [5.41, 5.74) is 2.64. The molecule has 0 bridgehead atoms. The third-order valence-electron chi connectivity index (χ3n) is 4.01. The van der Waals surface area contributed by atoms with Crippen molar-refractivity contribution in [2.24, 2.45) is 0 Å². The highest BCUT2D eigenvalue weighted by atomic mass is 79.9. The molecule has 0 unspecified atom stereocenters. The van der Waals surface area contributed by atoms with Crippen molar-refractivity contribution in [2.45, 2.75) is 71.1 Å². The summed E-state index contributed by atoms with van der Waals surface area (Å²) >= 11 is 3.43. The van der Waals surface area contributed by atoms with Crippen molar-refractivity contribution in [3.63, 3.8) is 0 Å². The molecule has 0 aliphatic heterocycles. The van der Waals surface area contributed by atoms with Gasteiger partial charge in [0.1, 0.15) is 0 Å². The second-order valence-electron chi connectivity index (χ2n) is 6.10. The van der Waals surface area contributed by atoms with E-state index in [1.54, 1.807) is 0 Å². The lowest BCUT2D eigenvalue weighted by Crippen LogP contribution is -2.07. The Labute approximate surface area is 150 Å². The van der Waals surface area contributed by atoms with E-state index in [9.17, 15) is 4.79 Å². The topological polar surface area (TPSA) is 26.3 Å². The molecular weight excluding hydrogens is 352 g/mol. The van der Waals surface area contributed by atoms with Gasteiger partial charge in [-0.2, -0.15) is 0 Å². The number of rotatable bonds is 13. The molecule has 0 aliphatic carbocycles. The maximum atomic E-state index is 11.7. The minimum absolute atomic E-state index is 0.0509. The van der Waals surface area contributed by atoms with Gasteiger partial charge in [0.2, 0.25) is 0 Å². The Morgan fingerprint density at radius 2 is 1.52 bits per heavy atom. The van der Waals surface area contributed by atoms with Gasteiger partial charge in [-0.05, 0) is 36.8 Å². The molecule has 23 heavy (non-hydrogen) atoms. The lowest BCUT2D eigenvalue weighted by atomic mass is 10.1. The third kappa shape index (κ3) is 10.5. The summed E-state index contributed by atoms with van der Waals surface area (Å²) in [7, 11) is 0. The van der Waals surface area contributed by atoms with Gasteiger partial charge in [-0.15, -0.1) is 0 Å². The van der Waals surface area contributed by atoms with Crippen LogP contribution >= 0.6 is 15.9 Å². The number of carbonyl (C=O) groups is 1. The predicted octanol–water partition coefficient (Wildman–Crippen LogP) is 5.85. The normalized spacial score (nSPS) is 10.7. The minimum atomic E-state index is -0.0509. The Morgan fingerprint density at radius 3 is 2.17 bits per heavy atom. The van der Waals surface area contributed by atoms with Gasteiger partial charge in [-0.1, -0.05) is 72.8 Å². The molecule has 0 N–H and O–H groups in total. The molecule has 1 rings (SSSR count). The Balaban J connectivity index is 2.07. The van der Waals surface area contributed by atoms with Crippen LogP contribution in [0.5, 0.6) is 0 Å². The molecule has 130 valence electrons. The summed E-state index contributed by atoms with van der Waals surface area (Å²) in [6, 6.07) is 8.70. The first-order valence-electron chi connectivity index (χ1n) is 9.05. The second-order valence-corrected chi connectivity index (χ2v) is 6.89. The van der Waals surface area contributed by atoms with Crippen molar-refractivity contribution in [3.05, 3.63) is 35.4 Å². The van der Waals surface area contributed by atoms with Gasteiger partial charge in [0.15, 0.2) is 0 Å². The lowest BCUT2D eigenvalue weighted by molar-refractivity contribution is -0.143. The van der Waals surface area contributed by atoms with Gasteiger partial charge >= 0.3 is 5.97 Å². The number of halogens is 1. The van der Waals surface area contributed by atoms with Crippen molar-refractivity contribution in [1.82, 2.24) is 0 Å². The van der Waals surface area contributed by atoms with Crippen LogP contribution in [0.2, 0.25) is 0 Å². The van der Waals surface area contributed by atoms with Crippen LogP contribution in [0.3, 0.4) is 0 Å². The monoisotopic (exact) mass is 382 g/mol. The van der Waals surface area contributed by atoms with Crippen LogP contribution in [-0.2, 0) is 22.4 Å². The van der Waals surface area contributed by atoms with E-state index in [0.717, 1.165) is 31.0 Å². The number of benzene rings is 1.